The Balaban J connectivity index is 1.61. The molecule has 0 atom stereocenters. The lowest BCUT2D eigenvalue weighted by Crippen LogP contribution is -2.19. The fraction of sp³-hybridized carbons (Fsp3) is 0.174. The van der Waals surface area contributed by atoms with Gasteiger partial charge >= 0.3 is 0 Å². The van der Waals surface area contributed by atoms with E-state index in [2.05, 4.69) is 10.0 Å². The highest BCUT2D eigenvalue weighted by Gasteiger charge is 2.21. The van der Waals surface area contributed by atoms with E-state index in [4.69, 9.17) is 4.74 Å². The first-order chi connectivity index (χ1) is 14.5. The van der Waals surface area contributed by atoms with E-state index < -0.39 is 15.9 Å². The minimum Gasteiger partial charge on any atom is -0.495 e. The highest BCUT2D eigenvalue weighted by atomic mass is 32.2. The summed E-state index contributed by atoms with van der Waals surface area (Å²) in [5.74, 6) is 0.0776. The number of nitrogens with one attached hydrogen (secondary N) is 2. The number of rotatable bonds is 6. The van der Waals surface area contributed by atoms with Crippen molar-refractivity contribution in [3.05, 3.63) is 83.4 Å². The summed E-state index contributed by atoms with van der Waals surface area (Å²) in [5.41, 5.74) is 3.20. The summed E-state index contributed by atoms with van der Waals surface area (Å²) in [6, 6.07) is 18.8. The molecule has 1 aliphatic rings. The quantitative estimate of drug-likeness (QED) is 0.622. The number of para-hydroxylation sites is 3. The molecule has 0 radical (unpaired) electrons. The summed E-state index contributed by atoms with van der Waals surface area (Å²) in [6.45, 7) is 0. The number of fused-ring (bicyclic) bond motifs is 1. The van der Waals surface area contributed by atoms with Crippen molar-refractivity contribution in [2.75, 3.05) is 17.1 Å². The molecule has 1 aliphatic carbocycles. The lowest BCUT2D eigenvalue weighted by Gasteiger charge is -2.14. The van der Waals surface area contributed by atoms with Crippen LogP contribution in [-0.4, -0.2) is 21.4 Å². The molecule has 6 nitrogen and oxygen atoms in total. The molecule has 0 saturated heterocycles. The van der Waals surface area contributed by atoms with Gasteiger partial charge in [-0.15, -0.1) is 0 Å². The van der Waals surface area contributed by atoms with Crippen molar-refractivity contribution in [3.8, 4) is 5.75 Å². The largest absolute Gasteiger partial charge is 0.495 e. The molecule has 0 saturated carbocycles. The van der Waals surface area contributed by atoms with E-state index >= 15 is 0 Å². The van der Waals surface area contributed by atoms with E-state index in [1.54, 1.807) is 60.7 Å². The zero-order valence-electron chi connectivity index (χ0n) is 16.5. The highest BCUT2D eigenvalue weighted by Crippen LogP contribution is 2.28. The molecule has 0 unspecified atom stereocenters. The third kappa shape index (κ3) is 4.02. The van der Waals surface area contributed by atoms with Gasteiger partial charge in [0.2, 0.25) is 0 Å². The van der Waals surface area contributed by atoms with Crippen LogP contribution in [0.4, 0.5) is 11.4 Å². The standard InChI is InChI=1S/C23H22N2O4S/c1-29-22-12-5-4-11-21(22)24-23(26)19-9-2-3-10-20(19)25-30(27,28)18-14-13-16-7-6-8-17(16)15-18/h2-5,9-15,25H,6-8H2,1H3,(H,24,26). The fourth-order valence-corrected chi connectivity index (χ4v) is 4.76. The van der Waals surface area contributed by atoms with Crippen LogP contribution in [-0.2, 0) is 22.9 Å². The van der Waals surface area contributed by atoms with Crippen molar-refractivity contribution in [1.82, 2.24) is 0 Å². The first kappa shape index (κ1) is 20.0. The smallest absolute Gasteiger partial charge is 0.261 e. The van der Waals surface area contributed by atoms with Crippen molar-refractivity contribution in [3.63, 3.8) is 0 Å². The lowest BCUT2D eigenvalue weighted by molar-refractivity contribution is 0.102. The maximum Gasteiger partial charge on any atom is 0.261 e. The molecule has 0 bridgehead atoms. The van der Waals surface area contributed by atoms with Crippen molar-refractivity contribution in [1.29, 1.82) is 0 Å². The molecule has 1 amide bonds. The normalized spacial score (nSPS) is 12.8. The second-order valence-corrected chi connectivity index (χ2v) is 8.77. The minimum absolute atomic E-state index is 0.197. The summed E-state index contributed by atoms with van der Waals surface area (Å²) in [5, 5.41) is 2.78. The van der Waals surface area contributed by atoms with Crippen LogP contribution in [0.5, 0.6) is 5.75 Å². The van der Waals surface area contributed by atoms with Gasteiger partial charge in [0.1, 0.15) is 5.75 Å². The minimum atomic E-state index is -3.83. The zero-order valence-corrected chi connectivity index (χ0v) is 17.3. The predicted octanol–water partition coefficient (Wildman–Crippen LogP) is 4.24. The Kier molecular flexibility index (Phi) is 5.46. The van der Waals surface area contributed by atoms with E-state index in [9.17, 15) is 13.2 Å². The average Bonchev–Trinajstić information content (AvgIpc) is 3.22. The maximum atomic E-state index is 13.0. The number of hydrogen-bond acceptors (Lipinski definition) is 4. The Hall–Kier alpha value is -3.32. The van der Waals surface area contributed by atoms with Crippen molar-refractivity contribution in [2.45, 2.75) is 24.2 Å². The SMILES string of the molecule is COc1ccccc1NC(=O)c1ccccc1NS(=O)(=O)c1ccc2c(c1)CCC2. The van der Waals surface area contributed by atoms with Crippen LogP contribution in [0.15, 0.2) is 71.6 Å². The first-order valence-corrected chi connectivity index (χ1v) is 11.1. The van der Waals surface area contributed by atoms with Gasteiger partial charge in [0, 0.05) is 0 Å². The summed E-state index contributed by atoms with van der Waals surface area (Å²) >= 11 is 0. The second-order valence-electron chi connectivity index (χ2n) is 7.09. The number of aryl methyl sites for hydroxylation is 2. The number of ether oxygens (including phenoxy) is 1. The third-order valence-corrected chi connectivity index (χ3v) is 6.51. The molecule has 4 rings (SSSR count). The molecule has 7 heteroatoms. The average molecular weight is 423 g/mol. The first-order valence-electron chi connectivity index (χ1n) is 9.66. The van der Waals surface area contributed by atoms with Gasteiger partial charge < -0.3 is 10.1 Å². The van der Waals surface area contributed by atoms with Gasteiger partial charge in [0.05, 0.1) is 28.9 Å². The second kappa shape index (κ2) is 8.20. The molecule has 0 spiro atoms. The lowest BCUT2D eigenvalue weighted by atomic mass is 10.1. The van der Waals surface area contributed by atoms with Gasteiger partial charge in [0.15, 0.2) is 0 Å². The van der Waals surface area contributed by atoms with Crippen molar-refractivity contribution >= 4 is 27.3 Å². The molecule has 3 aromatic carbocycles. The number of methoxy groups -OCH3 is 1. The summed E-state index contributed by atoms with van der Waals surface area (Å²) in [6.07, 6.45) is 2.91. The Labute approximate surface area is 176 Å². The van der Waals surface area contributed by atoms with Crippen LogP contribution in [0.2, 0.25) is 0 Å². The number of hydrogen-bond donors (Lipinski definition) is 2. The number of carbonyl (C=O) groups excluding carboxylic acids is 1. The van der Waals surface area contributed by atoms with Crippen LogP contribution in [0.25, 0.3) is 0 Å². The summed E-state index contributed by atoms with van der Waals surface area (Å²) in [4.78, 5) is 13.1. The molecule has 3 aromatic rings. The van der Waals surface area contributed by atoms with Crippen LogP contribution in [0, 0.1) is 0 Å². The highest BCUT2D eigenvalue weighted by molar-refractivity contribution is 7.92. The Bertz CT molecular complexity index is 1210. The van der Waals surface area contributed by atoms with Gasteiger partial charge in [-0.3, -0.25) is 9.52 Å². The van der Waals surface area contributed by atoms with Crippen molar-refractivity contribution < 1.29 is 17.9 Å². The molecule has 30 heavy (non-hydrogen) atoms. The van der Waals surface area contributed by atoms with Gasteiger partial charge in [-0.1, -0.05) is 30.3 Å². The van der Waals surface area contributed by atoms with Crippen LogP contribution >= 0.6 is 0 Å². The number of amides is 1. The number of carbonyl (C=O) groups is 1. The Morgan fingerprint density at radius 1 is 0.900 bits per heavy atom. The molecule has 2 N–H and O–H groups in total. The Morgan fingerprint density at radius 2 is 1.60 bits per heavy atom. The molecule has 0 aromatic heterocycles. The predicted molar refractivity (Wildman–Crippen MR) is 117 cm³/mol. The molecule has 0 heterocycles. The van der Waals surface area contributed by atoms with Gasteiger partial charge in [-0.25, -0.2) is 8.42 Å². The monoisotopic (exact) mass is 422 g/mol. The van der Waals surface area contributed by atoms with Crippen LogP contribution in [0.1, 0.15) is 27.9 Å². The molecule has 0 aliphatic heterocycles. The topological polar surface area (TPSA) is 84.5 Å². The third-order valence-electron chi connectivity index (χ3n) is 5.15. The molecule has 0 fully saturated rings. The summed E-state index contributed by atoms with van der Waals surface area (Å²) < 4.78 is 33.8. The molecule has 154 valence electrons. The zero-order chi connectivity index (χ0) is 21.1. The van der Waals surface area contributed by atoms with E-state index in [0.29, 0.717) is 11.4 Å². The van der Waals surface area contributed by atoms with Crippen LogP contribution in [0.3, 0.4) is 0 Å². The number of anilines is 2. The van der Waals surface area contributed by atoms with E-state index in [0.717, 1.165) is 24.8 Å². The number of sulfonamides is 1. The molecular weight excluding hydrogens is 400 g/mol. The van der Waals surface area contributed by atoms with Gasteiger partial charge in [-0.05, 0) is 66.8 Å². The summed E-state index contributed by atoms with van der Waals surface area (Å²) in [7, 11) is -2.31. The van der Waals surface area contributed by atoms with E-state index in [-0.39, 0.29) is 16.1 Å². The van der Waals surface area contributed by atoms with Gasteiger partial charge in [0.25, 0.3) is 15.9 Å². The van der Waals surface area contributed by atoms with Gasteiger partial charge in [-0.2, -0.15) is 0 Å². The van der Waals surface area contributed by atoms with Crippen LogP contribution < -0.4 is 14.8 Å². The van der Waals surface area contributed by atoms with Crippen molar-refractivity contribution in [2.24, 2.45) is 0 Å². The molecular formula is C23H22N2O4S. The fourth-order valence-electron chi connectivity index (χ4n) is 3.63. The maximum absolute atomic E-state index is 13.0. The Morgan fingerprint density at radius 3 is 2.40 bits per heavy atom. The van der Waals surface area contributed by atoms with E-state index in [1.165, 1.54) is 12.7 Å². The van der Waals surface area contributed by atoms with E-state index in [1.807, 2.05) is 6.07 Å². The number of benzene rings is 3.